The van der Waals surface area contributed by atoms with Crippen LogP contribution in [0.5, 0.6) is 0 Å². The summed E-state index contributed by atoms with van der Waals surface area (Å²) in [4.78, 5) is 2.38. The third-order valence-corrected chi connectivity index (χ3v) is 6.48. The van der Waals surface area contributed by atoms with E-state index in [-0.39, 0.29) is 0 Å². The maximum Gasteiger partial charge on any atom is 0.0888 e. The average molecular weight is 379 g/mol. The first kappa shape index (κ1) is 20.8. The summed E-state index contributed by atoms with van der Waals surface area (Å²) in [6, 6.07) is 0. The molecule has 0 saturated heterocycles. The van der Waals surface area contributed by atoms with Crippen LogP contribution in [0.1, 0.15) is 55.5 Å². The highest BCUT2D eigenvalue weighted by Crippen LogP contribution is 2.43. The minimum Gasteiger partial charge on any atom is -0.384 e. The van der Waals surface area contributed by atoms with Crippen LogP contribution in [-0.4, -0.2) is 62.2 Å². The molecule has 6 heteroatoms. The molecule has 2 aliphatic rings. The number of nitrogens with zero attached hydrogens (tertiary/aromatic N) is 3. The smallest absolute Gasteiger partial charge is 0.0888 e. The van der Waals surface area contributed by atoms with Crippen molar-refractivity contribution in [1.29, 1.82) is 0 Å². The molecule has 1 aromatic heterocycles. The fraction of sp³-hybridized carbons (Fsp3) is 0.857. The predicted molar refractivity (Wildman–Crippen MR) is 108 cm³/mol. The molecule has 3 rings (SSSR count). The SMILES string of the molecule is CCC1CC(c2c(CN(C)CCNC)nn3c2COCC3)CCC1COC. The Morgan fingerprint density at radius 2 is 2.19 bits per heavy atom. The van der Waals surface area contributed by atoms with Gasteiger partial charge in [0.1, 0.15) is 0 Å². The lowest BCUT2D eigenvalue weighted by atomic mass is 9.70. The first-order valence-electron chi connectivity index (χ1n) is 10.7. The van der Waals surface area contributed by atoms with Gasteiger partial charge in [-0.05, 0) is 51.1 Å². The summed E-state index contributed by atoms with van der Waals surface area (Å²) in [5.41, 5.74) is 4.11. The van der Waals surface area contributed by atoms with Crippen molar-refractivity contribution in [3.05, 3.63) is 17.0 Å². The number of ether oxygens (including phenoxy) is 2. The van der Waals surface area contributed by atoms with Gasteiger partial charge in [-0.2, -0.15) is 5.10 Å². The summed E-state index contributed by atoms with van der Waals surface area (Å²) in [5, 5.41) is 8.27. The van der Waals surface area contributed by atoms with Crippen LogP contribution in [0, 0.1) is 11.8 Å². The van der Waals surface area contributed by atoms with Crippen LogP contribution in [0.25, 0.3) is 0 Å². The van der Waals surface area contributed by atoms with Gasteiger partial charge in [-0.3, -0.25) is 9.58 Å². The quantitative estimate of drug-likeness (QED) is 0.716. The number of nitrogens with one attached hydrogen (secondary N) is 1. The lowest BCUT2D eigenvalue weighted by Gasteiger charge is -2.36. The maximum absolute atomic E-state index is 5.82. The number of hydrogen-bond acceptors (Lipinski definition) is 5. The normalized spacial score (nSPS) is 25.7. The minimum atomic E-state index is 0.612. The molecule has 154 valence electrons. The zero-order valence-electron chi connectivity index (χ0n) is 17.7. The molecule has 3 atom stereocenters. The van der Waals surface area contributed by atoms with Gasteiger partial charge in [0.25, 0.3) is 0 Å². The largest absolute Gasteiger partial charge is 0.384 e. The Labute approximate surface area is 164 Å². The molecule has 1 saturated carbocycles. The molecule has 1 fully saturated rings. The highest BCUT2D eigenvalue weighted by atomic mass is 16.5. The minimum absolute atomic E-state index is 0.612. The van der Waals surface area contributed by atoms with Crippen LogP contribution >= 0.6 is 0 Å². The first-order chi connectivity index (χ1) is 13.2. The number of likely N-dealkylation sites (N-methyl/N-ethyl adjacent to an activating group) is 2. The van der Waals surface area contributed by atoms with E-state index in [9.17, 15) is 0 Å². The molecule has 0 aromatic carbocycles. The number of hydrogen-bond donors (Lipinski definition) is 1. The van der Waals surface area contributed by atoms with Gasteiger partial charge in [0, 0.05) is 38.9 Å². The second kappa shape index (κ2) is 10.0. The number of aromatic nitrogens is 2. The molecule has 1 aliphatic carbocycles. The molecule has 0 amide bonds. The van der Waals surface area contributed by atoms with E-state index in [1.165, 1.54) is 42.6 Å². The topological polar surface area (TPSA) is 51.6 Å². The van der Waals surface area contributed by atoms with Crippen molar-refractivity contribution in [2.45, 2.75) is 58.2 Å². The standard InChI is InChI=1S/C21H38N4O2/c1-5-16-12-17(6-7-18(16)14-26-4)21-19(13-24(3)9-8-22-2)23-25-10-11-27-15-20(21)25/h16-18,22H,5-15H2,1-4H3. The summed E-state index contributed by atoms with van der Waals surface area (Å²) in [5.74, 6) is 2.07. The Balaban J connectivity index is 1.81. The van der Waals surface area contributed by atoms with Gasteiger partial charge in [0.15, 0.2) is 0 Å². The van der Waals surface area contributed by atoms with Gasteiger partial charge in [0.2, 0.25) is 0 Å². The first-order valence-corrected chi connectivity index (χ1v) is 10.7. The van der Waals surface area contributed by atoms with Crippen LogP contribution in [-0.2, 0) is 29.2 Å². The van der Waals surface area contributed by atoms with Crippen LogP contribution < -0.4 is 5.32 Å². The van der Waals surface area contributed by atoms with E-state index in [0.29, 0.717) is 11.8 Å². The molecular weight excluding hydrogens is 340 g/mol. The molecule has 2 heterocycles. The van der Waals surface area contributed by atoms with Crippen molar-refractivity contribution in [3.8, 4) is 0 Å². The number of methoxy groups -OCH3 is 1. The van der Waals surface area contributed by atoms with E-state index in [4.69, 9.17) is 14.6 Å². The Morgan fingerprint density at radius 3 is 2.93 bits per heavy atom. The lowest BCUT2D eigenvalue weighted by Crippen LogP contribution is -2.29. The molecule has 0 radical (unpaired) electrons. The third-order valence-electron chi connectivity index (χ3n) is 6.48. The van der Waals surface area contributed by atoms with E-state index in [1.54, 1.807) is 0 Å². The molecule has 6 nitrogen and oxygen atoms in total. The Hall–Kier alpha value is -0.950. The fourth-order valence-corrected chi connectivity index (χ4v) is 4.97. The van der Waals surface area contributed by atoms with E-state index < -0.39 is 0 Å². The Morgan fingerprint density at radius 1 is 1.33 bits per heavy atom. The lowest BCUT2D eigenvalue weighted by molar-refractivity contribution is 0.0751. The van der Waals surface area contributed by atoms with Crippen molar-refractivity contribution >= 4 is 0 Å². The van der Waals surface area contributed by atoms with Crippen molar-refractivity contribution in [3.63, 3.8) is 0 Å². The van der Waals surface area contributed by atoms with E-state index in [0.717, 1.165) is 51.9 Å². The highest BCUT2D eigenvalue weighted by Gasteiger charge is 2.34. The fourth-order valence-electron chi connectivity index (χ4n) is 4.97. The van der Waals surface area contributed by atoms with Gasteiger partial charge in [-0.1, -0.05) is 13.3 Å². The van der Waals surface area contributed by atoms with Crippen LogP contribution in [0.4, 0.5) is 0 Å². The second-order valence-electron chi connectivity index (χ2n) is 8.32. The summed E-state index contributed by atoms with van der Waals surface area (Å²) >= 11 is 0. The summed E-state index contributed by atoms with van der Waals surface area (Å²) in [6.45, 7) is 8.58. The Bertz CT molecular complexity index is 589. The monoisotopic (exact) mass is 378 g/mol. The van der Waals surface area contributed by atoms with Gasteiger partial charge in [0.05, 0.1) is 31.1 Å². The number of rotatable bonds is 9. The maximum atomic E-state index is 5.82. The summed E-state index contributed by atoms with van der Waals surface area (Å²) in [7, 11) is 6.04. The van der Waals surface area contributed by atoms with Gasteiger partial charge in [-0.25, -0.2) is 0 Å². The summed E-state index contributed by atoms with van der Waals surface area (Å²) in [6.07, 6.45) is 5.01. The average Bonchev–Trinajstić information content (AvgIpc) is 3.04. The van der Waals surface area contributed by atoms with Crippen molar-refractivity contribution in [2.24, 2.45) is 11.8 Å². The van der Waals surface area contributed by atoms with Gasteiger partial charge >= 0.3 is 0 Å². The molecule has 3 unspecified atom stereocenters. The third kappa shape index (κ3) is 4.91. The van der Waals surface area contributed by atoms with Crippen molar-refractivity contribution in [2.75, 3.05) is 47.5 Å². The predicted octanol–water partition coefficient (Wildman–Crippen LogP) is 2.62. The van der Waals surface area contributed by atoms with Crippen molar-refractivity contribution < 1.29 is 9.47 Å². The zero-order valence-corrected chi connectivity index (χ0v) is 17.7. The van der Waals surface area contributed by atoms with Crippen LogP contribution in [0.3, 0.4) is 0 Å². The van der Waals surface area contributed by atoms with Gasteiger partial charge < -0.3 is 14.8 Å². The van der Waals surface area contributed by atoms with Gasteiger partial charge in [-0.15, -0.1) is 0 Å². The molecule has 27 heavy (non-hydrogen) atoms. The number of fused-ring (bicyclic) bond motifs is 1. The molecular formula is C21H38N4O2. The van der Waals surface area contributed by atoms with Crippen LogP contribution in [0.2, 0.25) is 0 Å². The van der Waals surface area contributed by atoms with E-state index >= 15 is 0 Å². The molecule has 1 aromatic rings. The summed E-state index contributed by atoms with van der Waals surface area (Å²) < 4.78 is 13.5. The second-order valence-corrected chi connectivity index (χ2v) is 8.32. The van der Waals surface area contributed by atoms with E-state index in [2.05, 4.69) is 28.9 Å². The molecule has 1 aliphatic heterocycles. The van der Waals surface area contributed by atoms with Crippen molar-refractivity contribution in [1.82, 2.24) is 20.0 Å². The molecule has 0 spiro atoms. The van der Waals surface area contributed by atoms with E-state index in [1.807, 2.05) is 14.2 Å². The highest BCUT2D eigenvalue weighted by molar-refractivity contribution is 5.31. The van der Waals surface area contributed by atoms with Crippen LogP contribution in [0.15, 0.2) is 0 Å². The molecule has 0 bridgehead atoms. The Kier molecular flexibility index (Phi) is 7.70. The zero-order chi connectivity index (χ0) is 19.2. The molecule has 1 N–H and O–H groups in total.